The number of ether oxygens (including phenoxy) is 1. The molecule has 4 rings (SSSR count). The van der Waals surface area contributed by atoms with Crippen molar-refractivity contribution < 1.29 is 14.1 Å². The van der Waals surface area contributed by atoms with E-state index in [9.17, 15) is 4.79 Å². The SMILES string of the molecule is Cc1noc(C2CCC3(CCN(C(=O)c4sccc4C)CC3)O2)n1. The largest absolute Gasteiger partial charge is 0.362 e. The van der Waals surface area contributed by atoms with E-state index in [0.717, 1.165) is 49.2 Å². The van der Waals surface area contributed by atoms with Crippen molar-refractivity contribution in [2.24, 2.45) is 0 Å². The van der Waals surface area contributed by atoms with Gasteiger partial charge in [-0.25, -0.2) is 0 Å². The molecule has 0 N–H and O–H groups in total. The molecule has 2 aliphatic rings. The van der Waals surface area contributed by atoms with E-state index in [1.807, 2.05) is 30.2 Å². The molecule has 0 saturated carbocycles. The minimum Gasteiger partial charge on any atom is -0.362 e. The second-order valence-corrected chi connectivity index (χ2v) is 7.65. The van der Waals surface area contributed by atoms with E-state index >= 15 is 0 Å². The van der Waals surface area contributed by atoms with Gasteiger partial charge in [-0.15, -0.1) is 11.3 Å². The molecule has 0 bridgehead atoms. The summed E-state index contributed by atoms with van der Waals surface area (Å²) in [6, 6.07) is 2.00. The molecule has 4 heterocycles. The van der Waals surface area contributed by atoms with Crippen LogP contribution in [0.2, 0.25) is 0 Å². The van der Waals surface area contributed by atoms with Crippen LogP contribution in [0.25, 0.3) is 0 Å². The molecule has 1 spiro atoms. The van der Waals surface area contributed by atoms with E-state index in [4.69, 9.17) is 9.26 Å². The molecule has 24 heavy (non-hydrogen) atoms. The Morgan fingerprint density at radius 3 is 2.75 bits per heavy atom. The molecule has 2 fully saturated rings. The van der Waals surface area contributed by atoms with E-state index in [0.29, 0.717) is 11.7 Å². The monoisotopic (exact) mass is 347 g/mol. The molecule has 128 valence electrons. The average molecular weight is 347 g/mol. The topological polar surface area (TPSA) is 68.5 Å². The minimum atomic E-state index is -0.145. The first-order valence-corrected chi connectivity index (χ1v) is 9.26. The third-order valence-corrected chi connectivity index (χ3v) is 6.10. The minimum absolute atomic E-state index is 0.104. The van der Waals surface area contributed by atoms with Gasteiger partial charge in [0.2, 0.25) is 0 Å². The Morgan fingerprint density at radius 2 is 2.12 bits per heavy atom. The standard InChI is InChI=1S/C17H21N3O3S/c1-11-4-10-24-14(11)16(21)20-8-6-17(7-9-20)5-3-13(22-17)15-18-12(2)19-23-15/h4,10,13H,3,5-9H2,1-2H3. The van der Waals surface area contributed by atoms with Gasteiger partial charge in [-0.2, -0.15) is 4.98 Å². The van der Waals surface area contributed by atoms with Crippen LogP contribution < -0.4 is 0 Å². The Balaban J connectivity index is 1.39. The summed E-state index contributed by atoms with van der Waals surface area (Å²) in [5.41, 5.74) is 0.920. The highest BCUT2D eigenvalue weighted by molar-refractivity contribution is 7.12. The summed E-state index contributed by atoms with van der Waals surface area (Å²) in [5, 5.41) is 5.83. The van der Waals surface area contributed by atoms with Crippen molar-refractivity contribution in [3.05, 3.63) is 33.6 Å². The lowest BCUT2D eigenvalue weighted by Gasteiger charge is -2.38. The molecule has 0 radical (unpaired) electrons. The fraction of sp³-hybridized carbons (Fsp3) is 0.588. The molecule has 2 aliphatic heterocycles. The number of aromatic nitrogens is 2. The Bertz CT molecular complexity index is 746. The van der Waals surface area contributed by atoms with Crippen LogP contribution in [-0.4, -0.2) is 39.6 Å². The summed E-state index contributed by atoms with van der Waals surface area (Å²) in [5.74, 6) is 1.37. The highest BCUT2D eigenvalue weighted by Gasteiger charge is 2.45. The number of carbonyl (C=O) groups is 1. The van der Waals surface area contributed by atoms with E-state index in [1.165, 1.54) is 11.3 Å². The fourth-order valence-electron chi connectivity index (χ4n) is 3.65. The number of thiophene rings is 1. The summed E-state index contributed by atoms with van der Waals surface area (Å²) in [6.07, 6.45) is 3.52. The van der Waals surface area contributed by atoms with Gasteiger partial charge in [-0.05, 0) is 56.5 Å². The Labute approximate surface area is 144 Å². The highest BCUT2D eigenvalue weighted by atomic mass is 32.1. The number of rotatable bonds is 2. The van der Waals surface area contributed by atoms with Crippen LogP contribution in [0.15, 0.2) is 16.0 Å². The zero-order chi connectivity index (χ0) is 16.7. The number of carbonyl (C=O) groups excluding carboxylic acids is 1. The van der Waals surface area contributed by atoms with Crippen LogP contribution >= 0.6 is 11.3 Å². The third-order valence-electron chi connectivity index (χ3n) is 5.09. The van der Waals surface area contributed by atoms with Crippen molar-refractivity contribution in [2.45, 2.75) is 51.2 Å². The molecule has 2 saturated heterocycles. The van der Waals surface area contributed by atoms with Gasteiger partial charge < -0.3 is 14.2 Å². The van der Waals surface area contributed by atoms with Gasteiger partial charge in [-0.3, -0.25) is 4.79 Å². The van der Waals surface area contributed by atoms with Crippen LogP contribution in [0.5, 0.6) is 0 Å². The zero-order valence-corrected chi connectivity index (χ0v) is 14.8. The number of nitrogens with zero attached hydrogens (tertiary/aromatic N) is 3. The zero-order valence-electron chi connectivity index (χ0n) is 13.9. The van der Waals surface area contributed by atoms with Gasteiger partial charge in [0.15, 0.2) is 5.82 Å². The number of amides is 1. The predicted molar refractivity (Wildman–Crippen MR) is 89.0 cm³/mol. The molecule has 6 nitrogen and oxygen atoms in total. The van der Waals surface area contributed by atoms with Gasteiger partial charge in [-0.1, -0.05) is 5.16 Å². The second-order valence-electron chi connectivity index (χ2n) is 6.73. The van der Waals surface area contributed by atoms with Crippen molar-refractivity contribution in [2.75, 3.05) is 13.1 Å². The lowest BCUT2D eigenvalue weighted by Crippen LogP contribution is -2.46. The first kappa shape index (κ1) is 15.8. The first-order valence-electron chi connectivity index (χ1n) is 8.38. The Kier molecular flexibility index (Phi) is 3.92. The van der Waals surface area contributed by atoms with Crippen molar-refractivity contribution in [1.29, 1.82) is 0 Å². The Hall–Kier alpha value is -1.73. The summed E-state index contributed by atoms with van der Waals surface area (Å²) in [4.78, 5) is 19.7. The number of likely N-dealkylation sites (tertiary alicyclic amines) is 1. The highest BCUT2D eigenvalue weighted by Crippen LogP contribution is 2.44. The van der Waals surface area contributed by atoms with Crippen LogP contribution in [0.3, 0.4) is 0 Å². The van der Waals surface area contributed by atoms with Gasteiger partial charge in [0.25, 0.3) is 11.8 Å². The van der Waals surface area contributed by atoms with E-state index in [2.05, 4.69) is 10.1 Å². The third kappa shape index (κ3) is 2.75. The molecule has 1 atom stereocenters. The molecule has 0 aliphatic carbocycles. The van der Waals surface area contributed by atoms with Gasteiger partial charge >= 0.3 is 0 Å². The van der Waals surface area contributed by atoms with Crippen LogP contribution in [0, 0.1) is 13.8 Å². The molecule has 0 aromatic carbocycles. The molecular weight excluding hydrogens is 326 g/mol. The lowest BCUT2D eigenvalue weighted by atomic mass is 9.88. The van der Waals surface area contributed by atoms with Crippen LogP contribution in [0.1, 0.15) is 58.7 Å². The molecular formula is C17H21N3O3S. The first-order chi connectivity index (χ1) is 11.6. The van der Waals surface area contributed by atoms with Crippen LogP contribution in [-0.2, 0) is 4.74 Å². The maximum atomic E-state index is 12.6. The van der Waals surface area contributed by atoms with Crippen molar-refractivity contribution in [3.63, 3.8) is 0 Å². The van der Waals surface area contributed by atoms with Gasteiger partial charge in [0.1, 0.15) is 6.10 Å². The fourth-order valence-corrected chi connectivity index (χ4v) is 4.54. The average Bonchev–Trinajstić information content (AvgIpc) is 3.28. The predicted octanol–water partition coefficient (Wildman–Crippen LogP) is 3.27. The summed E-state index contributed by atoms with van der Waals surface area (Å²) < 4.78 is 11.6. The van der Waals surface area contributed by atoms with Gasteiger partial charge in [0, 0.05) is 13.1 Å². The maximum absolute atomic E-state index is 12.6. The smallest absolute Gasteiger partial charge is 0.264 e. The summed E-state index contributed by atoms with van der Waals surface area (Å²) >= 11 is 1.52. The second kappa shape index (κ2) is 5.97. The normalized spacial score (nSPS) is 23.1. The molecule has 1 amide bonds. The molecule has 7 heteroatoms. The van der Waals surface area contributed by atoms with Crippen molar-refractivity contribution in [1.82, 2.24) is 15.0 Å². The van der Waals surface area contributed by atoms with Crippen molar-refractivity contribution >= 4 is 17.2 Å². The van der Waals surface area contributed by atoms with Crippen molar-refractivity contribution in [3.8, 4) is 0 Å². The maximum Gasteiger partial charge on any atom is 0.264 e. The summed E-state index contributed by atoms with van der Waals surface area (Å²) in [6.45, 7) is 5.29. The molecule has 2 aromatic rings. The van der Waals surface area contributed by atoms with Crippen LogP contribution in [0.4, 0.5) is 0 Å². The van der Waals surface area contributed by atoms with E-state index in [-0.39, 0.29) is 17.6 Å². The molecule has 1 unspecified atom stereocenters. The van der Waals surface area contributed by atoms with E-state index < -0.39 is 0 Å². The van der Waals surface area contributed by atoms with E-state index in [1.54, 1.807) is 0 Å². The summed E-state index contributed by atoms with van der Waals surface area (Å²) in [7, 11) is 0. The number of hydrogen-bond acceptors (Lipinski definition) is 6. The number of aryl methyl sites for hydroxylation is 2. The number of hydrogen-bond donors (Lipinski definition) is 0. The quantitative estimate of drug-likeness (QED) is 0.834. The lowest BCUT2D eigenvalue weighted by molar-refractivity contribution is -0.0820. The number of piperidine rings is 1. The molecule has 2 aromatic heterocycles. The van der Waals surface area contributed by atoms with Gasteiger partial charge in [0.05, 0.1) is 10.5 Å². The Morgan fingerprint density at radius 1 is 1.33 bits per heavy atom.